The van der Waals surface area contributed by atoms with Crippen molar-refractivity contribution in [1.82, 2.24) is 4.98 Å². The maximum atomic E-state index is 14.0. The van der Waals surface area contributed by atoms with Gasteiger partial charge in [-0.05, 0) is 49.8 Å². The molecule has 0 unspecified atom stereocenters. The molecule has 3 N–H and O–H groups in total. The number of rotatable bonds is 1. The number of hydrazine groups is 1. The Bertz CT molecular complexity index is 637. The number of halogens is 1. The van der Waals surface area contributed by atoms with Crippen LogP contribution in [0.1, 0.15) is 36.1 Å². The van der Waals surface area contributed by atoms with Crippen LogP contribution in [-0.4, -0.2) is 4.98 Å². The van der Waals surface area contributed by atoms with E-state index < -0.39 is 0 Å². The molecule has 0 spiro atoms. The van der Waals surface area contributed by atoms with Crippen molar-refractivity contribution in [1.29, 1.82) is 0 Å². The molecule has 1 heterocycles. The van der Waals surface area contributed by atoms with Crippen LogP contribution < -0.4 is 11.3 Å². The number of benzene rings is 1. The summed E-state index contributed by atoms with van der Waals surface area (Å²) in [6.45, 7) is 1.97. The molecule has 4 heteroatoms. The Morgan fingerprint density at radius 1 is 1.21 bits per heavy atom. The second-order valence-electron chi connectivity index (χ2n) is 5.20. The lowest BCUT2D eigenvalue weighted by Crippen LogP contribution is -2.13. The van der Waals surface area contributed by atoms with E-state index in [0.29, 0.717) is 5.52 Å². The smallest absolute Gasteiger partial charge is 0.149 e. The van der Waals surface area contributed by atoms with Crippen molar-refractivity contribution < 1.29 is 4.39 Å². The van der Waals surface area contributed by atoms with E-state index in [2.05, 4.69) is 10.4 Å². The molecule has 3 rings (SSSR count). The van der Waals surface area contributed by atoms with Gasteiger partial charge in [-0.15, -0.1) is 0 Å². The molecule has 1 aliphatic carbocycles. The van der Waals surface area contributed by atoms with Gasteiger partial charge in [-0.2, -0.15) is 0 Å². The summed E-state index contributed by atoms with van der Waals surface area (Å²) in [6, 6.07) is 3.26. The normalized spacial score (nSPS) is 15.1. The lowest BCUT2D eigenvalue weighted by molar-refractivity contribution is 0.635. The highest BCUT2D eigenvalue weighted by Gasteiger charge is 2.19. The van der Waals surface area contributed by atoms with Gasteiger partial charge >= 0.3 is 0 Å². The van der Waals surface area contributed by atoms with E-state index in [1.807, 2.05) is 6.92 Å². The molecule has 0 amide bonds. The van der Waals surface area contributed by atoms with Gasteiger partial charge in [-0.1, -0.05) is 12.5 Å². The number of nitrogens with two attached hydrogens (primary N) is 1. The van der Waals surface area contributed by atoms with Crippen molar-refractivity contribution in [3.05, 3.63) is 34.8 Å². The summed E-state index contributed by atoms with van der Waals surface area (Å²) in [7, 11) is 0. The number of anilines is 1. The Labute approximate surface area is 112 Å². The molecule has 1 aromatic heterocycles. The molecule has 0 bridgehead atoms. The fourth-order valence-corrected chi connectivity index (χ4v) is 3.00. The molecule has 19 heavy (non-hydrogen) atoms. The number of pyridine rings is 1. The topological polar surface area (TPSA) is 50.9 Å². The van der Waals surface area contributed by atoms with E-state index in [4.69, 9.17) is 5.84 Å². The molecule has 0 radical (unpaired) electrons. The first kappa shape index (κ1) is 12.4. The maximum absolute atomic E-state index is 14.0. The van der Waals surface area contributed by atoms with Crippen LogP contribution in [0.15, 0.2) is 12.1 Å². The van der Waals surface area contributed by atoms with Gasteiger partial charge in [0.25, 0.3) is 0 Å². The quantitative estimate of drug-likeness (QED) is 0.469. The van der Waals surface area contributed by atoms with Gasteiger partial charge in [0.1, 0.15) is 11.3 Å². The first-order valence-electron chi connectivity index (χ1n) is 6.79. The van der Waals surface area contributed by atoms with Gasteiger partial charge < -0.3 is 5.43 Å². The summed E-state index contributed by atoms with van der Waals surface area (Å²) in [5.74, 6) is 5.44. The molecule has 0 saturated carbocycles. The van der Waals surface area contributed by atoms with Crippen molar-refractivity contribution >= 4 is 16.6 Å². The summed E-state index contributed by atoms with van der Waals surface area (Å²) in [5.41, 5.74) is 7.26. The maximum Gasteiger partial charge on any atom is 0.149 e. The Morgan fingerprint density at radius 3 is 2.79 bits per heavy atom. The molecular weight excluding hydrogens is 241 g/mol. The van der Waals surface area contributed by atoms with E-state index in [-0.39, 0.29) is 5.82 Å². The molecule has 0 fully saturated rings. The number of aromatic nitrogens is 1. The first-order chi connectivity index (χ1) is 9.22. The fourth-order valence-electron chi connectivity index (χ4n) is 3.00. The number of nitrogen functional groups attached to an aromatic ring is 1. The SMILES string of the molecule is Cc1ccc(F)c2nc3c(c(NN)c12)CCCCC3. The fraction of sp³-hybridized carbons (Fsp3) is 0.400. The van der Waals surface area contributed by atoms with Gasteiger partial charge in [0.15, 0.2) is 0 Å². The number of hydrogen-bond donors (Lipinski definition) is 2. The molecule has 3 nitrogen and oxygen atoms in total. The summed E-state index contributed by atoms with van der Waals surface area (Å²) in [4.78, 5) is 4.57. The highest BCUT2D eigenvalue weighted by atomic mass is 19.1. The molecule has 0 atom stereocenters. The van der Waals surface area contributed by atoms with Gasteiger partial charge in [0.2, 0.25) is 0 Å². The lowest BCUT2D eigenvalue weighted by atomic mass is 9.99. The van der Waals surface area contributed by atoms with Crippen LogP contribution >= 0.6 is 0 Å². The predicted molar refractivity (Wildman–Crippen MR) is 75.5 cm³/mol. The number of nitrogens with one attached hydrogen (secondary N) is 1. The van der Waals surface area contributed by atoms with Crippen molar-refractivity contribution in [2.45, 2.75) is 39.0 Å². The molecule has 100 valence electrons. The molecule has 0 aliphatic heterocycles. The van der Waals surface area contributed by atoms with E-state index in [9.17, 15) is 4.39 Å². The second-order valence-corrected chi connectivity index (χ2v) is 5.20. The Morgan fingerprint density at radius 2 is 2.00 bits per heavy atom. The minimum Gasteiger partial charge on any atom is -0.323 e. The average molecular weight is 259 g/mol. The van der Waals surface area contributed by atoms with Crippen LogP contribution in [0.4, 0.5) is 10.1 Å². The third-order valence-electron chi connectivity index (χ3n) is 3.97. The summed E-state index contributed by atoms with van der Waals surface area (Å²) in [5, 5.41) is 0.822. The number of hydrogen-bond acceptors (Lipinski definition) is 3. The van der Waals surface area contributed by atoms with Crippen LogP contribution in [0.25, 0.3) is 10.9 Å². The van der Waals surface area contributed by atoms with Crippen molar-refractivity contribution in [3.8, 4) is 0 Å². The molecular formula is C15H18FN3. The minimum atomic E-state index is -0.274. The molecule has 1 aliphatic rings. The predicted octanol–water partition coefficient (Wildman–Crippen LogP) is 3.24. The summed E-state index contributed by atoms with van der Waals surface area (Å²) >= 11 is 0. The largest absolute Gasteiger partial charge is 0.323 e. The van der Waals surface area contributed by atoms with Crippen LogP contribution in [-0.2, 0) is 12.8 Å². The van der Waals surface area contributed by atoms with Crippen molar-refractivity contribution in [3.63, 3.8) is 0 Å². The highest BCUT2D eigenvalue weighted by Crippen LogP contribution is 2.34. The van der Waals surface area contributed by atoms with Crippen molar-refractivity contribution in [2.24, 2.45) is 5.84 Å². The van der Waals surface area contributed by atoms with Gasteiger partial charge in [0, 0.05) is 11.1 Å². The monoisotopic (exact) mass is 259 g/mol. The average Bonchev–Trinajstić information content (AvgIpc) is 2.66. The number of fused-ring (bicyclic) bond motifs is 2. The second kappa shape index (κ2) is 4.78. The van der Waals surface area contributed by atoms with Crippen LogP contribution in [0.5, 0.6) is 0 Å². The van der Waals surface area contributed by atoms with E-state index >= 15 is 0 Å². The van der Waals surface area contributed by atoms with Crippen molar-refractivity contribution in [2.75, 3.05) is 5.43 Å². The number of aryl methyl sites for hydroxylation is 2. The Hall–Kier alpha value is -1.68. The third-order valence-corrected chi connectivity index (χ3v) is 3.97. The van der Waals surface area contributed by atoms with Crippen LogP contribution in [0.3, 0.4) is 0 Å². The Kier molecular flexibility index (Phi) is 3.11. The van der Waals surface area contributed by atoms with E-state index in [1.165, 1.54) is 18.1 Å². The standard InChI is InChI=1S/C15H18FN3/c1-9-7-8-11(16)15-13(9)14(19-17)10-5-3-2-4-6-12(10)18-15/h7-8H,2-6,17H2,1H3,(H,18,19). The molecule has 2 aromatic rings. The number of nitrogens with zero attached hydrogens (tertiary/aromatic N) is 1. The van der Waals surface area contributed by atoms with E-state index in [1.54, 1.807) is 6.07 Å². The third kappa shape index (κ3) is 1.96. The molecule has 1 aromatic carbocycles. The summed E-state index contributed by atoms with van der Waals surface area (Å²) < 4.78 is 14.0. The summed E-state index contributed by atoms with van der Waals surface area (Å²) in [6.07, 6.45) is 5.32. The lowest BCUT2D eigenvalue weighted by Gasteiger charge is -2.16. The highest BCUT2D eigenvalue weighted by molar-refractivity contribution is 5.96. The van der Waals surface area contributed by atoms with Crippen LogP contribution in [0, 0.1) is 12.7 Å². The van der Waals surface area contributed by atoms with Gasteiger partial charge in [0.05, 0.1) is 5.69 Å². The Balaban J connectivity index is 2.39. The minimum absolute atomic E-state index is 0.274. The van der Waals surface area contributed by atoms with Gasteiger partial charge in [-0.25, -0.2) is 9.37 Å². The zero-order chi connectivity index (χ0) is 13.4. The molecule has 0 saturated heterocycles. The van der Waals surface area contributed by atoms with Crippen LogP contribution in [0.2, 0.25) is 0 Å². The van der Waals surface area contributed by atoms with Gasteiger partial charge in [-0.3, -0.25) is 5.84 Å². The van der Waals surface area contributed by atoms with E-state index in [0.717, 1.165) is 48.0 Å². The zero-order valence-corrected chi connectivity index (χ0v) is 11.1. The zero-order valence-electron chi connectivity index (χ0n) is 11.1. The first-order valence-corrected chi connectivity index (χ1v) is 6.79.